The lowest BCUT2D eigenvalue weighted by Gasteiger charge is -2.37. The highest BCUT2D eigenvalue weighted by Gasteiger charge is 2.44. The Balaban J connectivity index is 1.80. The molecule has 1 aromatic rings. The lowest BCUT2D eigenvalue weighted by Crippen LogP contribution is -2.48. The minimum absolute atomic E-state index is 0.333. The highest BCUT2D eigenvalue weighted by molar-refractivity contribution is 9.10. The molecule has 1 N–H and O–H groups in total. The second kappa shape index (κ2) is 4.90. The molecule has 1 aromatic carbocycles. The number of anilines is 1. The molecule has 1 saturated heterocycles. The van der Waals surface area contributed by atoms with Gasteiger partial charge in [0.2, 0.25) is 0 Å². The second-order valence-corrected chi connectivity index (χ2v) is 7.26. The second-order valence-electron chi connectivity index (χ2n) is 6.34. The molecule has 0 bridgehead atoms. The summed E-state index contributed by atoms with van der Waals surface area (Å²) in [5.74, 6) is 0.333. The van der Waals surface area contributed by atoms with Crippen molar-refractivity contribution in [2.24, 2.45) is 0 Å². The summed E-state index contributed by atoms with van der Waals surface area (Å²) in [6.07, 6.45) is 3.79. The summed E-state index contributed by atoms with van der Waals surface area (Å²) in [6, 6.07) is 4.96. The van der Waals surface area contributed by atoms with Gasteiger partial charge in [0, 0.05) is 41.8 Å². The molecule has 0 aromatic heterocycles. The van der Waals surface area contributed by atoms with Crippen LogP contribution < -0.4 is 4.90 Å². The van der Waals surface area contributed by atoms with Gasteiger partial charge in [-0.15, -0.1) is 0 Å². The number of benzene rings is 1. The standard InChI is InChI=1S/C16H19BrN2O2/c17-11-7-10-3-1-2-5-19-14-4-6-18(16(20)21)9-13(14)12(8-11)15(10)19/h7-8,13-14H,1-6,9H2,(H,20,21)/t13?,14-/m0/s1. The Bertz CT molecular complexity index is 604. The van der Waals surface area contributed by atoms with E-state index in [1.54, 1.807) is 4.90 Å². The molecule has 1 unspecified atom stereocenters. The van der Waals surface area contributed by atoms with Crippen LogP contribution in [0.4, 0.5) is 10.5 Å². The molecule has 0 spiro atoms. The number of likely N-dealkylation sites (tertiary alicyclic amines) is 1. The van der Waals surface area contributed by atoms with E-state index in [4.69, 9.17) is 0 Å². The predicted octanol–water partition coefficient (Wildman–Crippen LogP) is 3.44. The van der Waals surface area contributed by atoms with Crippen LogP contribution >= 0.6 is 15.9 Å². The zero-order chi connectivity index (χ0) is 14.6. The molecule has 3 aliphatic heterocycles. The van der Waals surface area contributed by atoms with Crippen LogP contribution in [0.3, 0.4) is 0 Å². The molecule has 0 radical (unpaired) electrons. The van der Waals surface area contributed by atoms with Gasteiger partial charge in [-0.25, -0.2) is 4.79 Å². The van der Waals surface area contributed by atoms with Gasteiger partial charge in [0.05, 0.1) is 0 Å². The highest BCUT2D eigenvalue weighted by Crippen LogP contribution is 2.48. The molecule has 0 aliphatic carbocycles. The van der Waals surface area contributed by atoms with E-state index in [9.17, 15) is 9.90 Å². The van der Waals surface area contributed by atoms with E-state index in [2.05, 4.69) is 33.0 Å². The van der Waals surface area contributed by atoms with Crippen LogP contribution in [-0.2, 0) is 6.42 Å². The molecule has 3 aliphatic rings. The van der Waals surface area contributed by atoms with Crippen LogP contribution in [0.2, 0.25) is 0 Å². The Hall–Kier alpha value is -1.23. The molecular formula is C16H19BrN2O2. The van der Waals surface area contributed by atoms with Gasteiger partial charge >= 0.3 is 6.09 Å². The van der Waals surface area contributed by atoms with Gasteiger partial charge in [-0.05, 0) is 48.9 Å². The number of amides is 1. The van der Waals surface area contributed by atoms with Crippen molar-refractivity contribution in [2.45, 2.75) is 37.6 Å². The molecule has 5 heteroatoms. The smallest absolute Gasteiger partial charge is 0.407 e. The summed E-state index contributed by atoms with van der Waals surface area (Å²) in [5.41, 5.74) is 4.21. The molecule has 3 heterocycles. The molecule has 2 atom stereocenters. The van der Waals surface area contributed by atoms with Crippen molar-refractivity contribution in [1.29, 1.82) is 0 Å². The van der Waals surface area contributed by atoms with Crippen molar-refractivity contribution in [3.05, 3.63) is 27.7 Å². The third kappa shape index (κ3) is 2.05. The number of carbonyl (C=O) groups is 1. The molecule has 1 amide bonds. The third-order valence-corrected chi connectivity index (χ3v) is 5.67. The average molecular weight is 351 g/mol. The lowest BCUT2D eigenvalue weighted by molar-refractivity contribution is 0.127. The van der Waals surface area contributed by atoms with Gasteiger partial charge < -0.3 is 14.9 Å². The average Bonchev–Trinajstić information content (AvgIpc) is 2.62. The van der Waals surface area contributed by atoms with Gasteiger partial charge in [0.1, 0.15) is 0 Å². The van der Waals surface area contributed by atoms with Gasteiger partial charge in [-0.2, -0.15) is 0 Å². The van der Waals surface area contributed by atoms with Crippen molar-refractivity contribution in [3.63, 3.8) is 0 Å². The Morgan fingerprint density at radius 1 is 1.29 bits per heavy atom. The van der Waals surface area contributed by atoms with E-state index < -0.39 is 6.09 Å². The van der Waals surface area contributed by atoms with Gasteiger partial charge in [-0.3, -0.25) is 0 Å². The summed E-state index contributed by atoms with van der Waals surface area (Å²) in [4.78, 5) is 15.5. The zero-order valence-electron chi connectivity index (χ0n) is 11.9. The van der Waals surface area contributed by atoms with Crippen molar-refractivity contribution in [3.8, 4) is 0 Å². The third-order valence-electron chi connectivity index (χ3n) is 5.21. The molecule has 21 heavy (non-hydrogen) atoms. The number of piperidine rings is 1. The number of aryl methyl sites for hydroxylation is 1. The first-order valence-corrected chi connectivity index (χ1v) is 8.51. The molecule has 4 rings (SSSR count). The number of fused-ring (bicyclic) bond motifs is 3. The van der Waals surface area contributed by atoms with Gasteiger partial charge in [-0.1, -0.05) is 15.9 Å². The SMILES string of the molecule is O=C(O)N1CC[C@H]2C(C1)c1cc(Br)cc3c1N2CCCC3. The fourth-order valence-corrected chi connectivity index (χ4v) is 4.86. The largest absolute Gasteiger partial charge is 0.465 e. The van der Waals surface area contributed by atoms with E-state index in [1.165, 1.54) is 29.7 Å². The maximum Gasteiger partial charge on any atom is 0.407 e. The molecule has 1 fully saturated rings. The highest BCUT2D eigenvalue weighted by atomic mass is 79.9. The Morgan fingerprint density at radius 2 is 2.14 bits per heavy atom. The Morgan fingerprint density at radius 3 is 2.95 bits per heavy atom. The van der Waals surface area contributed by atoms with Crippen LogP contribution in [-0.4, -0.2) is 41.8 Å². The van der Waals surface area contributed by atoms with E-state index in [-0.39, 0.29) is 0 Å². The molecule has 112 valence electrons. The number of hydrogen-bond acceptors (Lipinski definition) is 2. The van der Waals surface area contributed by atoms with Crippen LogP contribution in [0, 0.1) is 0 Å². The number of hydrogen-bond donors (Lipinski definition) is 1. The Labute approximate surface area is 132 Å². The number of carboxylic acid groups (broad SMARTS) is 1. The first-order chi connectivity index (χ1) is 10.1. The van der Waals surface area contributed by atoms with Crippen molar-refractivity contribution in [1.82, 2.24) is 4.90 Å². The number of nitrogens with zero attached hydrogens (tertiary/aromatic N) is 2. The van der Waals surface area contributed by atoms with E-state index in [0.29, 0.717) is 25.0 Å². The quantitative estimate of drug-likeness (QED) is 0.779. The van der Waals surface area contributed by atoms with Crippen LogP contribution in [0.1, 0.15) is 36.3 Å². The predicted molar refractivity (Wildman–Crippen MR) is 85.2 cm³/mol. The number of halogens is 1. The Kier molecular flexibility index (Phi) is 3.14. The fourth-order valence-electron chi connectivity index (χ4n) is 4.34. The first-order valence-electron chi connectivity index (χ1n) is 7.72. The molecule has 4 nitrogen and oxygen atoms in total. The summed E-state index contributed by atoms with van der Waals surface area (Å²) in [7, 11) is 0. The maximum atomic E-state index is 11.3. The van der Waals surface area contributed by atoms with Crippen molar-refractivity contribution < 1.29 is 9.90 Å². The molecular weight excluding hydrogens is 332 g/mol. The first kappa shape index (κ1) is 13.4. The van der Waals surface area contributed by atoms with E-state index >= 15 is 0 Å². The van der Waals surface area contributed by atoms with Crippen LogP contribution in [0.25, 0.3) is 0 Å². The summed E-state index contributed by atoms with van der Waals surface area (Å²) < 4.78 is 1.13. The fraction of sp³-hybridized carbons (Fsp3) is 0.562. The normalized spacial score (nSPS) is 27.1. The van der Waals surface area contributed by atoms with E-state index in [1.807, 2.05) is 0 Å². The van der Waals surface area contributed by atoms with Crippen molar-refractivity contribution in [2.75, 3.05) is 24.5 Å². The summed E-state index contributed by atoms with van der Waals surface area (Å²) in [6.45, 7) is 2.42. The van der Waals surface area contributed by atoms with Gasteiger partial charge in [0.25, 0.3) is 0 Å². The number of rotatable bonds is 0. The minimum Gasteiger partial charge on any atom is -0.465 e. The molecule has 0 saturated carbocycles. The lowest BCUT2D eigenvalue weighted by atomic mass is 9.88. The topological polar surface area (TPSA) is 43.8 Å². The monoisotopic (exact) mass is 350 g/mol. The maximum absolute atomic E-state index is 11.3. The summed E-state index contributed by atoms with van der Waals surface area (Å²) in [5, 5.41) is 9.30. The minimum atomic E-state index is -0.782. The zero-order valence-corrected chi connectivity index (χ0v) is 13.5. The van der Waals surface area contributed by atoms with Crippen LogP contribution in [0.15, 0.2) is 16.6 Å². The van der Waals surface area contributed by atoms with Crippen LogP contribution in [0.5, 0.6) is 0 Å². The summed E-state index contributed by atoms with van der Waals surface area (Å²) >= 11 is 3.64. The van der Waals surface area contributed by atoms with Gasteiger partial charge in [0.15, 0.2) is 0 Å². The van der Waals surface area contributed by atoms with Crippen molar-refractivity contribution >= 4 is 27.7 Å². The van der Waals surface area contributed by atoms with E-state index in [0.717, 1.165) is 23.9 Å².